The van der Waals surface area contributed by atoms with E-state index in [-0.39, 0.29) is 5.71 Å². The smallest absolute Gasteiger partial charge is 0.132 e. The van der Waals surface area contributed by atoms with Gasteiger partial charge in [0.25, 0.3) is 0 Å². The van der Waals surface area contributed by atoms with Crippen LogP contribution in [-0.4, -0.2) is 57.7 Å². The van der Waals surface area contributed by atoms with Crippen molar-refractivity contribution in [1.82, 2.24) is 9.97 Å². The molecular weight excluding hydrogens is 374 g/mol. The van der Waals surface area contributed by atoms with Crippen molar-refractivity contribution in [2.75, 3.05) is 42.3 Å². The van der Waals surface area contributed by atoms with Gasteiger partial charge < -0.3 is 16.4 Å². The lowest BCUT2D eigenvalue weighted by Gasteiger charge is -2.27. The highest BCUT2D eigenvalue weighted by Crippen LogP contribution is 2.23. The number of nitrogens with one attached hydrogen (secondary N) is 1. The van der Waals surface area contributed by atoms with Crippen molar-refractivity contribution in [1.29, 1.82) is 5.41 Å². The minimum atomic E-state index is -0.762. The second kappa shape index (κ2) is 8.75. The van der Waals surface area contributed by atoms with E-state index in [2.05, 4.69) is 19.9 Å². The van der Waals surface area contributed by atoms with Gasteiger partial charge in [-0.3, -0.25) is 14.6 Å². The Morgan fingerprint density at radius 3 is 2.71 bits per heavy atom. The first-order valence-electron chi connectivity index (χ1n) is 8.78. The summed E-state index contributed by atoms with van der Waals surface area (Å²) >= 11 is 0. The van der Waals surface area contributed by atoms with Crippen LogP contribution < -0.4 is 16.4 Å². The molecule has 0 aliphatic carbocycles. The summed E-state index contributed by atoms with van der Waals surface area (Å²) in [6, 6.07) is 7.17. The molecule has 3 rings (SSSR count). The molecule has 1 aromatic carbocycles. The monoisotopic (exact) mass is 397 g/mol. The van der Waals surface area contributed by atoms with E-state index in [1.165, 1.54) is 12.5 Å². The normalized spacial score (nSPS) is 15.9. The Bertz CT molecular complexity index is 961. The molecule has 1 saturated heterocycles. The molecule has 0 spiro atoms. The van der Waals surface area contributed by atoms with Gasteiger partial charge in [0.1, 0.15) is 12.1 Å². The summed E-state index contributed by atoms with van der Waals surface area (Å²) < 4.78 is 11.6. The Morgan fingerprint density at radius 2 is 2.04 bits per heavy atom. The second-order valence-electron chi connectivity index (χ2n) is 6.28. The number of nitrogens with two attached hydrogens (primary N) is 2. The highest BCUT2D eigenvalue weighted by molar-refractivity contribution is 7.85. The summed E-state index contributed by atoms with van der Waals surface area (Å²) in [6.07, 6.45) is 4.57. The van der Waals surface area contributed by atoms with Crippen LogP contribution in [0.2, 0.25) is 0 Å². The van der Waals surface area contributed by atoms with Crippen molar-refractivity contribution < 1.29 is 4.21 Å². The van der Waals surface area contributed by atoms with Gasteiger partial charge in [0.15, 0.2) is 0 Å². The minimum absolute atomic E-state index is 0.202. The van der Waals surface area contributed by atoms with Gasteiger partial charge in [0.05, 0.1) is 11.4 Å². The van der Waals surface area contributed by atoms with Crippen molar-refractivity contribution in [3.05, 3.63) is 53.6 Å². The zero-order valence-electron chi connectivity index (χ0n) is 15.6. The first-order chi connectivity index (χ1) is 13.5. The summed E-state index contributed by atoms with van der Waals surface area (Å²) in [5.74, 6) is 1.97. The van der Waals surface area contributed by atoms with Gasteiger partial charge >= 0.3 is 0 Å². The lowest BCUT2D eigenvalue weighted by molar-refractivity contribution is 0.672. The van der Waals surface area contributed by atoms with Gasteiger partial charge in [-0.15, -0.1) is 0 Å². The Kier molecular flexibility index (Phi) is 6.15. The molecule has 0 bridgehead atoms. The average molecular weight is 398 g/mol. The quantitative estimate of drug-likeness (QED) is 0.510. The molecule has 28 heavy (non-hydrogen) atoms. The largest absolute Gasteiger partial charge is 0.404 e. The van der Waals surface area contributed by atoms with E-state index in [0.29, 0.717) is 41.5 Å². The second-order valence-corrected chi connectivity index (χ2v) is 7.98. The topological polar surface area (TPSA) is 134 Å². The van der Waals surface area contributed by atoms with Crippen molar-refractivity contribution in [2.24, 2.45) is 10.7 Å². The first-order valence-corrected chi connectivity index (χ1v) is 10.3. The van der Waals surface area contributed by atoms with Gasteiger partial charge in [-0.1, -0.05) is 6.07 Å². The Balaban J connectivity index is 1.92. The summed E-state index contributed by atoms with van der Waals surface area (Å²) in [5.41, 5.74) is 15.1. The van der Waals surface area contributed by atoms with Crippen LogP contribution in [0.5, 0.6) is 0 Å². The highest BCUT2D eigenvalue weighted by atomic mass is 32.2. The van der Waals surface area contributed by atoms with E-state index in [9.17, 15) is 4.21 Å². The van der Waals surface area contributed by atoms with Gasteiger partial charge in [-0.2, -0.15) is 0 Å². The number of aliphatic imine (C=N–C) groups is 1. The van der Waals surface area contributed by atoms with E-state index >= 15 is 0 Å². The third-order valence-electron chi connectivity index (χ3n) is 4.51. The van der Waals surface area contributed by atoms with Gasteiger partial charge in [-0.05, 0) is 17.7 Å². The van der Waals surface area contributed by atoms with Crippen LogP contribution in [0.15, 0.2) is 41.8 Å². The maximum Gasteiger partial charge on any atom is 0.132 e. The number of nitrogens with zero attached hydrogens (tertiary/aromatic N) is 4. The van der Waals surface area contributed by atoms with Crippen LogP contribution in [-0.2, 0) is 10.8 Å². The number of aromatic nitrogens is 2. The molecule has 0 saturated carbocycles. The number of allylic oxidation sites excluding steroid dienone is 1. The number of rotatable bonds is 5. The maximum absolute atomic E-state index is 11.6. The molecule has 2 aromatic rings. The minimum Gasteiger partial charge on any atom is -0.404 e. The van der Waals surface area contributed by atoms with E-state index in [1.807, 2.05) is 12.1 Å². The molecule has 0 atom stereocenters. The van der Waals surface area contributed by atoms with Crippen molar-refractivity contribution >= 4 is 39.8 Å². The van der Waals surface area contributed by atoms with Crippen LogP contribution in [0.25, 0.3) is 5.57 Å². The fourth-order valence-electron chi connectivity index (χ4n) is 2.97. The lowest BCUT2D eigenvalue weighted by Crippen LogP contribution is -2.38. The maximum atomic E-state index is 11.6. The van der Waals surface area contributed by atoms with Crippen LogP contribution in [0, 0.1) is 5.41 Å². The molecule has 8 nitrogen and oxygen atoms in total. The fourth-order valence-corrected chi connectivity index (χ4v) is 4.02. The third kappa shape index (κ3) is 4.25. The van der Waals surface area contributed by atoms with Crippen LogP contribution in [0.4, 0.5) is 11.5 Å². The van der Waals surface area contributed by atoms with Crippen molar-refractivity contribution in [2.45, 2.75) is 0 Å². The molecule has 1 aromatic heterocycles. The van der Waals surface area contributed by atoms with Crippen LogP contribution >= 0.6 is 0 Å². The summed E-state index contributed by atoms with van der Waals surface area (Å²) in [4.78, 5) is 14.6. The number of hydrogen-bond donors (Lipinski definition) is 3. The third-order valence-corrected chi connectivity index (χ3v) is 5.79. The molecule has 1 aliphatic heterocycles. The zero-order valence-corrected chi connectivity index (χ0v) is 16.4. The zero-order chi connectivity index (χ0) is 20.1. The summed E-state index contributed by atoms with van der Waals surface area (Å²) in [7, 11) is 0.907. The number of nitrogen functional groups attached to an aromatic ring is 1. The molecule has 146 valence electrons. The van der Waals surface area contributed by atoms with Gasteiger partial charge in [-0.25, -0.2) is 9.97 Å². The van der Waals surface area contributed by atoms with Crippen LogP contribution in [0.1, 0.15) is 16.8 Å². The number of hydrogen-bond acceptors (Lipinski definition) is 8. The number of benzene rings is 1. The Morgan fingerprint density at radius 1 is 1.29 bits per heavy atom. The predicted molar refractivity (Wildman–Crippen MR) is 115 cm³/mol. The molecule has 9 heteroatoms. The van der Waals surface area contributed by atoms with Crippen molar-refractivity contribution in [3.63, 3.8) is 0 Å². The first kappa shape index (κ1) is 19.7. The van der Waals surface area contributed by atoms with E-state index in [0.717, 1.165) is 17.0 Å². The molecule has 1 fully saturated rings. The SMILES string of the molecule is CN=CC(=CN)c1ccc(N)c(C(=N)c2cc(N3CCS(=O)CC3)ncn2)c1. The molecule has 0 amide bonds. The molecule has 2 heterocycles. The van der Waals surface area contributed by atoms with E-state index in [4.69, 9.17) is 16.9 Å². The fraction of sp³-hybridized carbons (Fsp3) is 0.263. The van der Waals surface area contributed by atoms with Crippen molar-refractivity contribution in [3.8, 4) is 0 Å². The average Bonchev–Trinajstić information content (AvgIpc) is 2.72. The molecule has 5 N–H and O–H groups in total. The summed E-state index contributed by atoms with van der Waals surface area (Å²) in [6.45, 7) is 1.35. The molecule has 1 aliphatic rings. The highest BCUT2D eigenvalue weighted by Gasteiger charge is 2.19. The standard InChI is InChI=1S/C19H23N7OS/c1-23-11-14(10-20)13-2-3-16(21)15(8-13)19(22)17-9-18(25-12-24-17)26-4-6-28(27)7-5-26/h2-3,8-12,22H,4-7,20-21H2,1H3. The molecule has 0 radical (unpaired) electrons. The lowest BCUT2D eigenvalue weighted by atomic mass is 9.98. The van der Waals surface area contributed by atoms with E-state index < -0.39 is 10.8 Å². The molecule has 0 unspecified atom stereocenters. The Hall–Kier alpha value is -3.07. The van der Waals surface area contributed by atoms with Gasteiger partial charge in [0, 0.05) is 77.7 Å². The van der Waals surface area contributed by atoms with Crippen LogP contribution in [0.3, 0.4) is 0 Å². The van der Waals surface area contributed by atoms with Gasteiger partial charge in [0.2, 0.25) is 0 Å². The number of anilines is 2. The predicted octanol–water partition coefficient (Wildman–Crippen LogP) is 1.04. The molecular formula is C19H23N7OS. The van der Waals surface area contributed by atoms with E-state index in [1.54, 1.807) is 25.4 Å². The Labute approximate surface area is 166 Å². The summed E-state index contributed by atoms with van der Waals surface area (Å²) in [5, 5.41) is 8.63.